The Morgan fingerprint density at radius 2 is 2.17 bits per heavy atom. The molecular weight excluding hydrogens is 233 g/mol. The smallest absolute Gasteiger partial charge is 0.305 e. The maximum atomic E-state index is 13.2. The molecule has 0 aromatic heterocycles. The van der Waals surface area contributed by atoms with E-state index in [0.717, 1.165) is 12.8 Å². The molecule has 0 saturated carbocycles. The third-order valence-electron chi connectivity index (χ3n) is 2.55. The molecule has 1 aromatic carbocycles. The van der Waals surface area contributed by atoms with Crippen molar-refractivity contribution in [2.75, 3.05) is 13.2 Å². The van der Waals surface area contributed by atoms with Crippen molar-refractivity contribution in [1.29, 1.82) is 0 Å². The average molecular weight is 253 g/mol. The summed E-state index contributed by atoms with van der Waals surface area (Å²) >= 11 is 0. The Balaban J connectivity index is 2.09. The topological polar surface area (TPSA) is 38.3 Å². The number of benzene rings is 1. The number of hydrogen-bond acceptors (Lipinski definition) is 3. The van der Waals surface area contributed by atoms with Gasteiger partial charge in [-0.25, -0.2) is 4.39 Å². The van der Waals surface area contributed by atoms with E-state index >= 15 is 0 Å². The molecule has 1 N–H and O–H groups in total. The summed E-state index contributed by atoms with van der Waals surface area (Å²) < 4.78 is 18.3. The van der Waals surface area contributed by atoms with Crippen LogP contribution in [0.15, 0.2) is 24.3 Å². The van der Waals surface area contributed by atoms with Gasteiger partial charge in [-0.2, -0.15) is 0 Å². The lowest BCUT2D eigenvalue weighted by atomic mass is 10.2. The molecule has 1 aromatic rings. The fraction of sp³-hybridized carbons (Fsp3) is 0.500. The number of rotatable bonds is 8. The van der Waals surface area contributed by atoms with E-state index in [-0.39, 0.29) is 11.8 Å². The summed E-state index contributed by atoms with van der Waals surface area (Å²) in [6.45, 7) is 3.34. The monoisotopic (exact) mass is 253 g/mol. The summed E-state index contributed by atoms with van der Waals surface area (Å²) in [6.07, 6.45) is 2.33. The van der Waals surface area contributed by atoms with Gasteiger partial charge in [-0.15, -0.1) is 0 Å². The number of unbranched alkanes of at least 4 members (excludes halogenated alkanes) is 1. The van der Waals surface area contributed by atoms with Gasteiger partial charge in [0.05, 0.1) is 0 Å². The molecule has 0 radical (unpaired) electrons. The summed E-state index contributed by atoms with van der Waals surface area (Å²) in [5, 5.41) is 3.04. The van der Waals surface area contributed by atoms with E-state index in [4.69, 9.17) is 4.74 Å². The Morgan fingerprint density at radius 3 is 2.89 bits per heavy atom. The van der Waals surface area contributed by atoms with Crippen molar-refractivity contribution >= 4 is 5.97 Å². The third-order valence-corrected chi connectivity index (χ3v) is 2.55. The summed E-state index contributed by atoms with van der Waals surface area (Å²) in [5.74, 6) is -0.380. The van der Waals surface area contributed by atoms with Gasteiger partial charge in [0.1, 0.15) is 12.4 Å². The first-order valence-corrected chi connectivity index (χ1v) is 6.33. The van der Waals surface area contributed by atoms with E-state index in [2.05, 4.69) is 5.32 Å². The van der Waals surface area contributed by atoms with Crippen LogP contribution in [-0.2, 0) is 16.1 Å². The van der Waals surface area contributed by atoms with Gasteiger partial charge in [-0.05, 0) is 12.5 Å². The molecular formula is C14H20FNO2. The highest BCUT2D eigenvalue weighted by Crippen LogP contribution is 2.05. The van der Waals surface area contributed by atoms with Crippen molar-refractivity contribution in [2.45, 2.75) is 32.7 Å². The normalized spacial score (nSPS) is 10.3. The Kier molecular flexibility index (Phi) is 7.03. The second-order valence-electron chi connectivity index (χ2n) is 4.09. The molecule has 18 heavy (non-hydrogen) atoms. The van der Waals surface area contributed by atoms with Crippen LogP contribution in [0.4, 0.5) is 4.39 Å². The fourth-order valence-electron chi connectivity index (χ4n) is 1.50. The van der Waals surface area contributed by atoms with E-state index in [9.17, 15) is 9.18 Å². The van der Waals surface area contributed by atoms with Crippen LogP contribution in [-0.4, -0.2) is 19.1 Å². The zero-order valence-corrected chi connectivity index (χ0v) is 10.7. The van der Waals surface area contributed by atoms with Crippen molar-refractivity contribution in [3.05, 3.63) is 35.6 Å². The van der Waals surface area contributed by atoms with Gasteiger partial charge in [0.2, 0.25) is 0 Å². The van der Waals surface area contributed by atoms with Gasteiger partial charge in [0, 0.05) is 25.1 Å². The minimum Gasteiger partial charge on any atom is -0.464 e. The van der Waals surface area contributed by atoms with E-state index in [1.165, 1.54) is 6.07 Å². The second kappa shape index (κ2) is 8.64. The Morgan fingerprint density at radius 1 is 1.39 bits per heavy atom. The van der Waals surface area contributed by atoms with E-state index in [1.54, 1.807) is 18.2 Å². The van der Waals surface area contributed by atoms with Crippen molar-refractivity contribution in [3.63, 3.8) is 0 Å². The fourth-order valence-corrected chi connectivity index (χ4v) is 1.50. The van der Waals surface area contributed by atoms with Crippen molar-refractivity contribution in [3.8, 4) is 0 Å². The lowest BCUT2D eigenvalue weighted by molar-refractivity contribution is -0.143. The number of carbonyl (C=O) groups excluding carboxylic acids is 1. The molecule has 0 fully saturated rings. The molecule has 0 bridgehead atoms. The van der Waals surface area contributed by atoms with Crippen LogP contribution in [0.5, 0.6) is 0 Å². The van der Waals surface area contributed by atoms with Crippen molar-refractivity contribution in [1.82, 2.24) is 5.32 Å². The highest BCUT2D eigenvalue weighted by atomic mass is 19.1. The van der Waals surface area contributed by atoms with Gasteiger partial charge in [-0.3, -0.25) is 4.79 Å². The second-order valence-corrected chi connectivity index (χ2v) is 4.09. The molecule has 1 rings (SSSR count). The quantitative estimate of drug-likeness (QED) is 0.572. The first-order chi connectivity index (χ1) is 8.74. The molecule has 0 aliphatic heterocycles. The number of carbonyl (C=O) groups is 1. The Hall–Kier alpha value is -1.42. The molecule has 3 nitrogen and oxygen atoms in total. The average Bonchev–Trinajstić information content (AvgIpc) is 2.38. The van der Waals surface area contributed by atoms with Gasteiger partial charge in [0.15, 0.2) is 0 Å². The zero-order chi connectivity index (χ0) is 13.2. The summed E-state index contributed by atoms with van der Waals surface area (Å²) in [4.78, 5) is 11.2. The number of halogens is 1. The molecule has 0 aliphatic rings. The molecule has 0 unspecified atom stereocenters. The largest absolute Gasteiger partial charge is 0.464 e. The summed E-state index contributed by atoms with van der Waals surface area (Å²) in [7, 11) is 0. The van der Waals surface area contributed by atoms with Gasteiger partial charge in [0.25, 0.3) is 0 Å². The molecule has 0 heterocycles. The Labute approximate surface area is 107 Å². The highest BCUT2D eigenvalue weighted by molar-refractivity contribution is 5.69. The lowest BCUT2D eigenvalue weighted by Gasteiger charge is -2.07. The maximum absolute atomic E-state index is 13.2. The number of nitrogens with one attached hydrogen (secondary N) is 1. The third kappa shape index (κ3) is 5.77. The summed E-state index contributed by atoms with van der Waals surface area (Å²) in [6, 6.07) is 6.62. The standard InChI is InChI=1S/C14H20FNO2/c1-2-3-8-14(17)18-10-9-16-11-12-6-4-5-7-13(12)15/h4-7,16H,2-3,8-11H2,1H3. The number of hydrogen-bond donors (Lipinski definition) is 1. The molecule has 0 amide bonds. The van der Waals surface area contributed by atoms with Crippen LogP contribution < -0.4 is 5.32 Å². The maximum Gasteiger partial charge on any atom is 0.305 e. The van der Waals surface area contributed by atoms with Gasteiger partial charge >= 0.3 is 5.97 Å². The van der Waals surface area contributed by atoms with Crippen LogP contribution in [0.3, 0.4) is 0 Å². The van der Waals surface area contributed by atoms with E-state index < -0.39 is 0 Å². The molecule has 0 atom stereocenters. The van der Waals surface area contributed by atoms with Crippen molar-refractivity contribution < 1.29 is 13.9 Å². The van der Waals surface area contributed by atoms with Gasteiger partial charge < -0.3 is 10.1 Å². The molecule has 4 heteroatoms. The SMILES string of the molecule is CCCCC(=O)OCCNCc1ccccc1F. The molecule has 0 saturated heterocycles. The number of ether oxygens (including phenoxy) is 1. The Bertz CT molecular complexity index is 369. The number of esters is 1. The zero-order valence-electron chi connectivity index (χ0n) is 10.7. The highest BCUT2D eigenvalue weighted by Gasteiger charge is 2.02. The summed E-state index contributed by atoms with van der Waals surface area (Å²) in [5.41, 5.74) is 0.620. The van der Waals surface area contributed by atoms with Crippen LogP contribution in [0.25, 0.3) is 0 Å². The molecule has 100 valence electrons. The minimum atomic E-state index is -0.218. The minimum absolute atomic E-state index is 0.162. The lowest BCUT2D eigenvalue weighted by Crippen LogP contribution is -2.21. The first-order valence-electron chi connectivity index (χ1n) is 6.33. The van der Waals surface area contributed by atoms with E-state index in [1.807, 2.05) is 6.92 Å². The van der Waals surface area contributed by atoms with Gasteiger partial charge in [-0.1, -0.05) is 31.5 Å². The first kappa shape index (κ1) is 14.6. The molecule has 0 aliphatic carbocycles. The predicted molar refractivity (Wildman–Crippen MR) is 68.6 cm³/mol. The molecule has 0 spiro atoms. The van der Waals surface area contributed by atoms with Crippen LogP contribution in [0.2, 0.25) is 0 Å². The van der Waals surface area contributed by atoms with Crippen LogP contribution in [0, 0.1) is 5.82 Å². The predicted octanol–water partition coefficient (Wildman–Crippen LogP) is 2.65. The van der Waals surface area contributed by atoms with E-state index in [0.29, 0.717) is 31.7 Å². The van der Waals surface area contributed by atoms with Crippen LogP contribution >= 0.6 is 0 Å². The van der Waals surface area contributed by atoms with Crippen molar-refractivity contribution in [2.24, 2.45) is 0 Å². The van der Waals surface area contributed by atoms with Crippen LogP contribution in [0.1, 0.15) is 31.7 Å².